The van der Waals surface area contributed by atoms with E-state index < -0.39 is 30.0 Å². The molecule has 0 aliphatic carbocycles. The Morgan fingerprint density at radius 1 is 1.17 bits per heavy atom. The van der Waals surface area contributed by atoms with Gasteiger partial charge in [-0.1, -0.05) is 31.2 Å². The molecule has 1 aliphatic rings. The predicted octanol–water partition coefficient (Wildman–Crippen LogP) is 4.74. The quantitative estimate of drug-likeness (QED) is 0.108. The van der Waals surface area contributed by atoms with E-state index in [1.165, 1.54) is 6.26 Å². The summed E-state index contributed by atoms with van der Waals surface area (Å²) in [5, 5.41) is 10.4. The number of aromatic nitrogens is 5. The van der Waals surface area contributed by atoms with E-state index in [0.717, 1.165) is 11.6 Å². The molecule has 2 N–H and O–H groups in total. The largest absolute Gasteiger partial charge is 0.459 e. The molecule has 0 spiro atoms. The Hall–Kier alpha value is -3.11. The van der Waals surface area contributed by atoms with Crippen LogP contribution in [0.4, 0.5) is 5.69 Å². The molecule has 4 atom stereocenters. The Bertz CT molecular complexity index is 1750. The fourth-order valence-electron chi connectivity index (χ4n) is 4.64. The summed E-state index contributed by atoms with van der Waals surface area (Å²) in [6.07, 6.45) is 3.46. The molecule has 4 heterocycles. The molecule has 1 aliphatic heterocycles. The molecule has 0 bridgehead atoms. The second kappa shape index (κ2) is 14.3. The van der Waals surface area contributed by atoms with Gasteiger partial charge in [0.25, 0.3) is 0 Å². The lowest BCUT2D eigenvalue weighted by atomic mass is 10.2. The predicted molar refractivity (Wildman–Crippen MR) is 185 cm³/mol. The lowest BCUT2D eigenvalue weighted by Crippen LogP contribution is -2.31. The lowest BCUT2D eigenvalue weighted by Gasteiger charge is -2.19. The van der Waals surface area contributed by atoms with Gasteiger partial charge in [0.1, 0.15) is 30.6 Å². The average molecular weight is 689 g/mol. The maximum absolute atomic E-state index is 11.9. The summed E-state index contributed by atoms with van der Waals surface area (Å²) in [5.74, 6) is 4.14. The number of benzene rings is 1. The Labute approximate surface area is 275 Å². The monoisotopic (exact) mass is 688 g/mol. The van der Waals surface area contributed by atoms with Crippen molar-refractivity contribution >= 4 is 52.1 Å². The van der Waals surface area contributed by atoms with Crippen molar-refractivity contribution in [1.29, 1.82) is 0 Å². The van der Waals surface area contributed by atoms with E-state index in [1.54, 1.807) is 35.2 Å². The fraction of sp³-hybridized carbons (Fsp3) is 0.452. The first kappa shape index (κ1) is 34.2. The van der Waals surface area contributed by atoms with Crippen LogP contribution in [0.1, 0.15) is 6.92 Å². The molecule has 12 nitrogen and oxygen atoms in total. The molecule has 0 radical (unpaired) electrons. The standard InChI is InChI=1S/C31H41ClN6O6SSi/c1-20(16-43-27-18-42-17-26(27)39)44-31-35-25-13-24(32)28(36-30(25)38(31)19-41-11-12-46(4,5)6)22-14-33-29(34-15-22)21-7-9-23(10-8-21)37-45(2,3)40/h7-10,13-15,20,26-27,39H,2,11-12,16-19H2,1,3-6H3,(H,37,40). The number of nitrogens with one attached hydrogen (secondary N) is 1. The fourth-order valence-corrected chi connectivity index (χ4v) is 6.29. The number of pyridine rings is 1. The molecule has 5 rings (SSSR count). The molecule has 1 saturated heterocycles. The lowest BCUT2D eigenvalue weighted by molar-refractivity contribution is -0.0396. The highest BCUT2D eigenvalue weighted by atomic mass is 35.5. The maximum atomic E-state index is 11.9. The Kier molecular flexibility index (Phi) is 10.7. The third-order valence-corrected chi connectivity index (χ3v) is 9.77. The molecule has 0 saturated carbocycles. The molecule has 248 valence electrons. The molecule has 1 aromatic carbocycles. The summed E-state index contributed by atoms with van der Waals surface area (Å²) in [4.78, 5) is 18.7. The zero-order valence-corrected chi connectivity index (χ0v) is 29.3. The zero-order valence-electron chi connectivity index (χ0n) is 26.7. The van der Waals surface area contributed by atoms with Crippen LogP contribution in [0.2, 0.25) is 30.7 Å². The summed E-state index contributed by atoms with van der Waals surface area (Å²) in [7, 11) is -3.68. The number of halogens is 1. The van der Waals surface area contributed by atoms with Gasteiger partial charge in [-0.15, -0.1) is 0 Å². The molecule has 4 unspecified atom stereocenters. The van der Waals surface area contributed by atoms with Gasteiger partial charge in [-0.2, -0.15) is 4.98 Å². The van der Waals surface area contributed by atoms with Crippen molar-refractivity contribution in [3.05, 3.63) is 47.7 Å². The highest BCUT2D eigenvalue weighted by molar-refractivity contribution is 8.00. The number of fused-ring (bicyclic) bond motifs is 1. The van der Waals surface area contributed by atoms with Crippen molar-refractivity contribution < 1.29 is 28.3 Å². The van der Waals surface area contributed by atoms with Crippen LogP contribution in [-0.4, -0.2) is 98.8 Å². The summed E-state index contributed by atoms with van der Waals surface area (Å²) in [6.45, 7) is 10.4. The van der Waals surface area contributed by atoms with Gasteiger partial charge < -0.3 is 28.8 Å². The summed E-state index contributed by atoms with van der Waals surface area (Å²) in [5.41, 5.74) is 3.71. The number of hydrogen-bond donors (Lipinski definition) is 2. The van der Waals surface area contributed by atoms with Gasteiger partial charge in [0.2, 0.25) is 0 Å². The minimum Gasteiger partial charge on any atom is -0.459 e. The van der Waals surface area contributed by atoms with Crippen LogP contribution in [0.25, 0.3) is 33.8 Å². The topological polar surface area (TPSA) is 143 Å². The molecule has 4 aromatic rings. The van der Waals surface area contributed by atoms with Crippen LogP contribution in [0, 0.1) is 0 Å². The Balaban J connectivity index is 1.38. The molecule has 46 heavy (non-hydrogen) atoms. The van der Waals surface area contributed by atoms with Gasteiger partial charge in [0.05, 0.1) is 30.5 Å². The molecular formula is C31H41ClN6O6SSi. The average Bonchev–Trinajstić information content (AvgIpc) is 3.54. The van der Waals surface area contributed by atoms with Gasteiger partial charge in [-0.25, -0.2) is 19.2 Å². The van der Waals surface area contributed by atoms with Crippen LogP contribution in [-0.2, 0) is 30.6 Å². The molecule has 1 fully saturated rings. The van der Waals surface area contributed by atoms with Gasteiger partial charge >= 0.3 is 6.01 Å². The molecule has 15 heteroatoms. The van der Waals surface area contributed by atoms with Gasteiger partial charge in [0, 0.05) is 59.9 Å². The van der Waals surface area contributed by atoms with Crippen molar-refractivity contribution in [2.75, 3.05) is 37.4 Å². The second-order valence-corrected chi connectivity index (χ2v) is 21.0. The molecular weight excluding hydrogens is 648 g/mol. The van der Waals surface area contributed by atoms with E-state index in [4.69, 9.17) is 35.5 Å². The Morgan fingerprint density at radius 2 is 1.89 bits per heavy atom. The number of rotatable bonds is 14. The van der Waals surface area contributed by atoms with Crippen LogP contribution in [0.3, 0.4) is 0 Å². The second-order valence-electron chi connectivity index (χ2n) is 12.7. The highest BCUT2D eigenvalue weighted by Crippen LogP contribution is 2.32. The van der Waals surface area contributed by atoms with E-state index in [1.807, 2.05) is 19.1 Å². The van der Waals surface area contributed by atoms with E-state index >= 15 is 0 Å². The number of ether oxygens (including phenoxy) is 4. The summed E-state index contributed by atoms with van der Waals surface area (Å²) >= 11 is 6.72. The van der Waals surface area contributed by atoms with Crippen molar-refractivity contribution in [2.24, 2.45) is 0 Å². The van der Waals surface area contributed by atoms with E-state index in [-0.39, 0.29) is 26.0 Å². The first-order valence-electron chi connectivity index (χ1n) is 15.0. The third-order valence-electron chi connectivity index (χ3n) is 7.11. The minimum absolute atomic E-state index is 0.189. The van der Waals surface area contributed by atoms with Crippen molar-refractivity contribution in [3.63, 3.8) is 0 Å². The number of aliphatic hydroxyl groups is 1. The van der Waals surface area contributed by atoms with Crippen molar-refractivity contribution in [1.82, 2.24) is 24.5 Å². The first-order valence-corrected chi connectivity index (χ1v) is 21.2. The smallest absolute Gasteiger partial charge is 0.300 e. The third kappa shape index (κ3) is 9.03. The van der Waals surface area contributed by atoms with Gasteiger partial charge in [-0.05, 0) is 49.2 Å². The molecule has 3 aromatic heterocycles. The SMILES string of the molecule is C=S(C)(=O)Nc1ccc(-c2ncc(-c3nc4c(cc3Cl)nc(OC(C)COC3COCC3O)n4COCC[Si](C)(C)C)cn2)cc1. The van der Waals surface area contributed by atoms with Gasteiger partial charge in [-0.3, -0.25) is 4.57 Å². The zero-order chi connectivity index (χ0) is 33.1. The molecule has 0 amide bonds. The number of imidazole rings is 1. The Morgan fingerprint density at radius 3 is 2.52 bits per heavy atom. The normalized spacial score (nSPS) is 18.8. The van der Waals surface area contributed by atoms with Crippen molar-refractivity contribution in [3.8, 4) is 28.7 Å². The van der Waals surface area contributed by atoms with Crippen LogP contribution in [0.15, 0.2) is 42.7 Å². The van der Waals surface area contributed by atoms with E-state index in [2.05, 4.69) is 45.2 Å². The maximum Gasteiger partial charge on any atom is 0.300 e. The number of hydrogen-bond acceptors (Lipinski definition) is 10. The summed E-state index contributed by atoms with van der Waals surface area (Å²) in [6, 6.07) is 10.4. The van der Waals surface area contributed by atoms with E-state index in [0.29, 0.717) is 58.2 Å². The van der Waals surface area contributed by atoms with Crippen LogP contribution >= 0.6 is 11.6 Å². The van der Waals surface area contributed by atoms with Crippen LogP contribution < -0.4 is 9.46 Å². The van der Waals surface area contributed by atoms with Crippen LogP contribution in [0.5, 0.6) is 6.01 Å². The minimum atomic E-state index is -2.38. The highest BCUT2D eigenvalue weighted by Gasteiger charge is 2.28. The van der Waals surface area contributed by atoms with Crippen molar-refractivity contribution in [2.45, 2.75) is 57.7 Å². The summed E-state index contributed by atoms with van der Waals surface area (Å²) < 4.78 is 40.0. The van der Waals surface area contributed by atoms with E-state index in [9.17, 15) is 9.32 Å². The number of aliphatic hydroxyl groups excluding tert-OH is 1. The van der Waals surface area contributed by atoms with Gasteiger partial charge in [0.15, 0.2) is 11.5 Å². The number of anilines is 1. The first-order chi connectivity index (χ1) is 21.8. The number of nitrogens with zero attached hydrogens (tertiary/aromatic N) is 5.